The van der Waals surface area contributed by atoms with Gasteiger partial charge in [0.15, 0.2) is 12.3 Å². The Morgan fingerprint density at radius 2 is 1.43 bits per heavy atom. The first-order valence-corrected chi connectivity index (χ1v) is 17.7. The van der Waals surface area contributed by atoms with Crippen LogP contribution in [0.25, 0.3) is 0 Å². The Hall–Kier alpha value is -0.410. The second-order valence-corrected chi connectivity index (χ2v) is 16.0. The molecule has 0 aliphatic carbocycles. The Labute approximate surface area is 341 Å². The Morgan fingerprint density at radius 3 is 1.96 bits per heavy atom. The molecule has 0 bridgehead atoms. The number of rotatable bonds is 10. The van der Waals surface area contributed by atoms with Crippen LogP contribution in [0.2, 0.25) is 0 Å². The van der Waals surface area contributed by atoms with Gasteiger partial charge in [-0.25, -0.2) is 25.3 Å². The van der Waals surface area contributed by atoms with Gasteiger partial charge in [0.05, 0.1) is 37.9 Å². The van der Waals surface area contributed by atoms with Crippen molar-refractivity contribution in [2.75, 3.05) is 29.5 Å². The van der Waals surface area contributed by atoms with Crippen molar-refractivity contribution in [3.8, 4) is 0 Å². The SMILES string of the molecule is CC1(C)C(C=C/C=C2/N(CCS(=O)(=O)[O-])c3ccc(S(=O)(=O)[O-])cc3C2(C)C)=[N+](CCS(=O)(=O)[O-])c2ccc(C(=O)[O-])cc21.[Na+].[Na+].[Na+]. The number of allylic oxidation sites excluding steroid dienone is 4. The van der Waals surface area contributed by atoms with Crippen molar-refractivity contribution in [2.45, 2.75) is 43.4 Å². The summed E-state index contributed by atoms with van der Waals surface area (Å²) in [5, 5.41) is 11.5. The van der Waals surface area contributed by atoms with E-state index in [2.05, 4.69) is 0 Å². The van der Waals surface area contributed by atoms with Gasteiger partial charge in [0.1, 0.15) is 20.2 Å². The Bertz CT molecular complexity index is 1990. The van der Waals surface area contributed by atoms with Crippen LogP contribution in [0, 0.1) is 0 Å². The van der Waals surface area contributed by atoms with Crippen molar-refractivity contribution >= 4 is 53.4 Å². The standard InChI is InChI=1S/C28H32N2O11S3.3Na/c1-27(2)20-16-18(26(31)32)8-10-22(20)29(12-14-42(33,34)35)24(27)6-5-7-25-28(3,4)21-17-19(44(39,40)41)9-11-23(21)30(25)13-15-43(36,37)38;;;/h5-11,16-17H,12-15H2,1-4H3,(H3-,31,32,33,34,35,36,37,38,39,40,41);;;/q;3*+1/p-3. The average molecular weight is 735 g/mol. The molecule has 0 radical (unpaired) electrons. The Kier molecular flexibility index (Phi) is 15.1. The zero-order chi connectivity index (χ0) is 33.0. The predicted molar refractivity (Wildman–Crippen MR) is 155 cm³/mol. The normalized spacial score (nSPS) is 17.5. The molecule has 0 unspecified atom stereocenters. The smallest absolute Gasteiger partial charge is 0.748 e. The van der Waals surface area contributed by atoms with Gasteiger partial charge in [-0.15, -0.1) is 0 Å². The summed E-state index contributed by atoms with van der Waals surface area (Å²) in [6, 6.07) is 7.93. The van der Waals surface area contributed by atoms with Crippen LogP contribution in [0.1, 0.15) is 49.2 Å². The van der Waals surface area contributed by atoms with E-state index in [9.17, 15) is 48.8 Å². The van der Waals surface area contributed by atoms with Gasteiger partial charge >= 0.3 is 88.7 Å². The number of carboxylic acid groups (broad SMARTS) is 1. The molecular formula is C28H29N2Na3O11S3. The van der Waals surface area contributed by atoms with Crippen LogP contribution >= 0.6 is 0 Å². The third kappa shape index (κ3) is 9.89. The van der Waals surface area contributed by atoms with Crippen LogP contribution in [0.5, 0.6) is 0 Å². The van der Waals surface area contributed by atoms with E-state index < -0.39 is 63.6 Å². The summed E-state index contributed by atoms with van der Waals surface area (Å²) in [5.41, 5.74) is 0.931. The van der Waals surface area contributed by atoms with Crippen molar-refractivity contribution in [2.24, 2.45) is 0 Å². The molecular weight excluding hydrogens is 705 g/mol. The molecule has 2 aliphatic rings. The summed E-state index contributed by atoms with van der Waals surface area (Å²) in [5.74, 6) is -2.89. The number of carbonyl (C=O) groups excluding carboxylic acids is 1. The Balaban J connectivity index is 0.00000368. The quantitative estimate of drug-likeness (QED) is 0.126. The first-order valence-electron chi connectivity index (χ1n) is 13.2. The molecule has 2 aromatic carbocycles. The number of benzene rings is 2. The van der Waals surface area contributed by atoms with Crippen molar-refractivity contribution < 1.29 is 142 Å². The first-order chi connectivity index (χ1) is 20.0. The van der Waals surface area contributed by atoms with Crippen LogP contribution in [-0.4, -0.2) is 79.8 Å². The van der Waals surface area contributed by atoms with E-state index in [0.717, 1.165) is 6.07 Å². The summed E-state index contributed by atoms with van der Waals surface area (Å²) in [7, 11) is -14.0. The largest absolute Gasteiger partial charge is 1.00 e. The van der Waals surface area contributed by atoms with Crippen LogP contribution in [0.15, 0.2) is 65.2 Å². The van der Waals surface area contributed by atoms with Crippen LogP contribution < -0.4 is 98.7 Å². The van der Waals surface area contributed by atoms with Gasteiger partial charge in [-0.3, -0.25) is 0 Å². The molecule has 238 valence electrons. The summed E-state index contributed by atoms with van der Waals surface area (Å²) in [6.45, 7) is 6.55. The molecule has 19 heteroatoms. The van der Waals surface area contributed by atoms with Gasteiger partial charge in [-0.05, 0) is 61.4 Å². The van der Waals surface area contributed by atoms with Crippen molar-refractivity contribution in [3.05, 3.63) is 77.0 Å². The number of fused-ring (bicyclic) bond motifs is 2. The average Bonchev–Trinajstić information content (AvgIpc) is 3.22. The van der Waals surface area contributed by atoms with E-state index in [1.807, 2.05) is 0 Å². The molecule has 0 spiro atoms. The van der Waals surface area contributed by atoms with Gasteiger partial charge in [0, 0.05) is 41.1 Å². The maximum absolute atomic E-state index is 11.7. The molecule has 0 atom stereocenters. The number of carboxylic acids is 1. The molecule has 2 heterocycles. The fourth-order valence-electron chi connectivity index (χ4n) is 5.73. The molecule has 4 rings (SSSR count). The van der Waals surface area contributed by atoms with E-state index in [1.165, 1.54) is 30.3 Å². The number of anilines is 1. The third-order valence-corrected chi connectivity index (χ3v) is 10.1. The number of hydrogen-bond acceptors (Lipinski definition) is 12. The van der Waals surface area contributed by atoms with E-state index in [0.29, 0.717) is 33.9 Å². The van der Waals surface area contributed by atoms with E-state index in [4.69, 9.17) is 0 Å². The third-order valence-electron chi connectivity index (χ3n) is 7.92. The fraction of sp³-hybridized carbons (Fsp3) is 0.357. The molecule has 2 aromatic rings. The number of carbonyl (C=O) groups is 1. The molecule has 0 amide bonds. The summed E-state index contributed by atoms with van der Waals surface area (Å²) < 4.78 is 106. The molecule has 0 saturated heterocycles. The molecule has 0 aromatic heterocycles. The zero-order valence-electron chi connectivity index (χ0n) is 27.1. The second kappa shape index (κ2) is 15.9. The summed E-state index contributed by atoms with van der Waals surface area (Å²) >= 11 is 0. The van der Waals surface area contributed by atoms with Gasteiger partial charge in [-0.1, -0.05) is 19.9 Å². The number of hydrogen-bond donors (Lipinski definition) is 0. The molecule has 0 fully saturated rings. The minimum Gasteiger partial charge on any atom is -0.748 e. The maximum Gasteiger partial charge on any atom is 1.00 e. The van der Waals surface area contributed by atoms with Gasteiger partial charge in [0.2, 0.25) is 5.69 Å². The topological polar surface area (TPSA) is 218 Å². The van der Waals surface area contributed by atoms with E-state index >= 15 is 0 Å². The summed E-state index contributed by atoms with van der Waals surface area (Å²) in [4.78, 5) is 12.6. The van der Waals surface area contributed by atoms with Gasteiger partial charge in [0.25, 0.3) is 0 Å². The molecule has 13 nitrogen and oxygen atoms in total. The molecule has 2 aliphatic heterocycles. The fourth-order valence-corrected chi connectivity index (χ4v) is 7.04. The first kappa shape index (κ1) is 44.6. The Morgan fingerprint density at radius 1 is 0.830 bits per heavy atom. The molecule has 0 saturated carbocycles. The van der Waals surface area contributed by atoms with Gasteiger partial charge < -0.3 is 28.5 Å². The van der Waals surface area contributed by atoms with Crippen LogP contribution in [-0.2, 0) is 41.2 Å². The minimum atomic E-state index is -4.81. The van der Waals surface area contributed by atoms with E-state index in [-0.39, 0.29) is 107 Å². The molecule has 47 heavy (non-hydrogen) atoms. The maximum atomic E-state index is 11.7. The van der Waals surface area contributed by atoms with Crippen LogP contribution in [0.4, 0.5) is 11.4 Å². The number of nitrogens with zero attached hydrogens (tertiary/aromatic N) is 2. The van der Waals surface area contributed by atoms with Crippen LogP contribution in [0.3, 0.4) is 0 Å². The monoisotopic (exact) mass is 734 g/mol. The van der Waals surface area contributed by atoms with Crippen molar-refractivity contribution in [3.63, 3.8) is 0 Å². The summed E-state index contributed by atoms with van der Waals surface area (Å²) in [6.07, 6.45) is 4.84. The minimum absolute atomic E-state index is 0. The zero-order valence-corrected chi connectivity index (χ0v) is 35.6. The van der Waals surface area contributed by atoms with E-state index in [1.54, 1.807) is 55.4 Å². The number of aromatic carboxylic acids is 1. The second-order valence-electron chi connectivity index (χ2n) is 11.5. The van der Waals surface area contributed by atoms with Crippen molar-refractivity contribution in [1.29, 1.82) is 0 Å². The van der Waals surface area contributed by atoms with Gasteiger partial charge in [-0.2, -0.15) is 4.58 Å². The predicted octanol–water partition coefficient (Wildman–Crippen LogP) is -8.33. The van der Waals surface area contributed by atoms with Crippen molar-refractivity contribution in [1.82, 2.24) is 0 Å². The molecule has 0 N–H and O–H groups in total.